The zero-order valence-electron chi connectivity index (χ0n) is 20.6. The quantitative estimate of drug-likeness (QED) is 0.425. The summed E-state index contributed by atoms with van der Waals surface area (Å²) in [7, 11) is 0. The molecule has 10 heteroatoms. The summed E-state index contributed by atoms with van der Waals surface area (Å²) in [5.74, 6) is 0. The van der Waals surface area contributed by atoms with Gasteiger partial charge < -0.3 is 15.1 Å². The molecule has 0 amide bonds. The summed E-state index contributed by atoms with van der Waals surface area (Å²) in [6.45, 7) is 6.65. The van der Waals surface area contributed by atoms with Crippen molar-refractivity contribution in [1.82, 2.24) is 9.80 Å². The van der Waals surface area contributed by atoms with Crippen LogP contribution in [0, 0.1) is 11.3 Å². The number of hydrogen-bond donors (Lipinski definition) is 1. The van der Waals surface area contributed by atoms with E-state index in [2.05, 4.69) is 32.1 Å². The third-order valence-electron chi connectivity index (χ3n) is 7.09. The summed E-state index contributed by atoms with van der Waals surface area (Å²) in [4.78, 5) is 8.07. The smallest absolute Gasteiger partial charge is 0.382 e. The third kappa shape index (κ3) is 7.50. The van der Waals surface area contributed by atoms with Gasteiger partial charge in [-0.3, -0.25) is 4.90 Å². The molecule has 0 spiro atoms. The molecule has 0 aromatic heterocycles. The number of likely N-dealkylation sites (tertiary alicyclic amines) is 1. The van der Waals surface area contributed by atoms with Crippen LogP contribution in [0.25, 0.3) is 0 Å². The van der Waals surface area contributed by atoms with Crippen molar-refractivity contribution in [1.29, 1.82) is 5.26 Å². The third-order valence-corrected chi connectivity index (χ3v) is 7.81. The molecule has 2 fully saturated rings. The first-order valence-electron chi connectivity index (χ1n) is 12.6. The Kier molecular flexibility index (Phi) is 9.17. The van der Waals surface area contributed by atoms with E-state index >= 15 is 0 Å². The van der Waals surface area contributed by atoms with Crippen LogP contribution in [0.3, 0.4) is 0 Å². The number of piperidine rings is 1. The van der Waals surface area contributed by atoms with E-state index in [1.54, 1.807) is 12.1 Å². The highest BCUT2D eigenvalue weighted by molar-refractivity contribution is 7.80. The van der Waals surface area contributed by atoms with Crippen LogP contribution in [0.2, 0.25) is 5.02 Å². The minimum absolute atomic E-state index is 0.0741. The van der Waals surface area contributed by atoms with Crippen molar-refractivity contribution < 1.29 is 13.2 Å². The number of thiocarbonyl (C=S) groups is 1. The predicted molar refractivity (Wildman–Crippen MR) is 146 cm³/mol. The Bertz CT molecular complexity index is 1100. The van der Waals surface area contributed by atoms with Crippen molar-refractivity contribution in [3.05, 3.63) is 58.6 Å². The largest absolute Gasteiger partial charge is 0.417 e. The molecule has 2 heterocycles. The SMILES string of the molecule is N#Cc1ccc(NC2CCN(C(=S)CCCN3CCN(c4ccc(Cl)cc4)CC3)CC2)cc1C(F)(F)F. The van der Waals surface area contributed by atoms with Gasteiger partial charge in [-0.2, -0.15) is 18.4 Å². The van der Waals surface area contributed by atoms with Crippen LogP contribution < -0.4 is 10.2 Å². The summed E-state index contributed by atoms with van der Waals surface area (Å²) < 4.78 is 39.7. The van der Waals surface area contributed by atoms with Crippen LogP contribution in [0.15, 0.2) is 42.5 Å². The lowest BCUT2D eigenvalue weighted by atomic mass is 10.0. The van der Waals surface area contributed by atoms with Gasteiger partial charge in [0.15, 0.2) is 0 Å². The molecule has 0 saturated carbocycles. The van der Waals surface area contributed by atoms with Crippen molar-refractivity contribution in [3.8, 4) is 6.07 Å². The number of anilines is 2. The summed E-state index contributed by atoms with van der Waals surface area (Å²) >= 11 is 11.7. The number of benzene rings is 2. The zero-order chi connectivity index (χ0) is 26.4. The van der Waals surface area contributed by atoms with Gasteiger partial charge in [0.1, 0.15) is 0 Å². The molecule has 2 aromatic carbocycles. The van der Waals surface area contributed by atoms with Crippen LogP contribution in [0.4, 0.5) is 24.5 Å². The fraction of sp³-hybridized carbons (Fsp3) is 0.481. The Morgan fingerprint density at radius 1 is 1.03 bits per heavy atom. The molecule has 0 radical (unpaired) electrons. The van der Waals surface area contributed by atoms with Gasteiger partial charge in [-0.25, -0.2) is 0 Å². The molecule has 0 aliphatic carbocycles. The van der Waals surface area contributed by atoms with E-state index in [4.69, 9.17) is 29.1 Å². The van der Waals surface area contributed by atoms with Gasteiger partial charge in [0.2, 0.25) is 0 Å². The van der Waals surface area contributed by atoms with E-state index < -0.39 is 11.7 Å². The average molecular weight is 550 g/mol. The van der Waals surface area contributed by atoms with Crippen molar-refractivity contribution in [3.63, 3.8) is 0 Å². The minimum atomic E-state index is -4.55. The van der Waals surface area contributed by atoms with Gasteiger partial charge in [-0.05, 0) is 74.7 Å². The number of nitriles is 1. The van der Waals surface area contributed by atoms with Crippen molar-refractivity contribution in [2.45, 2.75) is 37.9 Å². The minimum Gasteiger partial charge on any atom is -0.382 e. The molecule has 1 N–H and O–H groups in total. The fourth-order valence-electron chi connectivity index (χ4n) is 4.97. The molecule has 0 unspecified atom stereocenters. The Hall–Kier alpha value is -2.54. The van der Waals surface area contributed by atoms with Crippen LogP contribution >= 0.6 is 23.8 Å². The fourth-order valence-corrected chi connectivity index (χ4v) is 5.42. The monoisotopic (exact) mass is 549 g/mol. The maximum atomic E-state index is 13.2. The standard InChI is InChI=1S/C27H31ClF3N5S/c28-21-4-7-24(8-5-21)35-16-14-34(15-17-35)11-1-2-26(37)36-12-9-22(10-13-36)33-23-6-3-20(19-32)25(18-23)27(29,30)31/h3-8,18,22,33H,1-2,9-17H2. The van der Waals surface area contributed by atoms with Crippen LogP contribution in [-0.4, -0.2) is 66.6 Å². The highest BCUT2D eigenvalue weighted by Gasteiger charge is 2.34. The van der Waals surface area contributed by atoms with Gasteiger partial charge in [0.05, 0.1) is 22.2 Å². The second-order valence-electron chi connectivity index (χ2n) is 9.58. The number of nitrogens with one attached hydrogen (secondary N) is 1. The molecule has 2 saturated heterocycles. The first-order valence-corrected chi connectivity index (χ1v) is 13.4. The summed E-state index contributed by atoms with van der Waals surface area (Å²) in [5.41, 5.74) is 0.346. The number of rotatable bonds is 7. The summed E-state index contributed by atoms with van der Waals surface area (Å²) in [6, 6.07) is 13.5. The normalized spacial score (nSPS) is 17.5. The van der Waals surface area contributed by atoms with E-state index in [1.165, 1.54) is 11.8 Å². The van der Waals surface area contributed by atoms with E-state index in [9.17, 15) is 13.2 Å². The number of alkyl halides is 3. The second kappa shape index (κ2) is 12.3. The number of nitrogens with zero attached hydrogens (tertiary/aromatic N) is 4. The number of hydrogen-bond acceptors (Lipinski definition) is 5. The second-order valence-corrected chi connectivity index (χ2v) is 10.5. The first kappa shape index (κ1) is 27.5. The molecule has 2 aromatic rings. The molecule has 2 aliphatic heterocycles. The number of halogens is 4. The van der Waals surface area contributed by atoms with Crippen molar-refractivity contribution >= 4 is 40.2 Å². The van der Waals surface area contributed by atoms with Gasteiger partial charge in [0.25, 0.3) is 0 Å². The molecule has 2 aliphatic rings. The van der Waals surface area contributed by atoms with E-state index in [0.717, 1.165) is 87.6 Å². The maximum Gasteiger partial charge on any atom is 0.417 e. The lowest BCUT2D eigenvalue weighted by Gasteiger charge is -2.37. The van der Waals surface area contributed by atoms with Crippen molar-refractivity contribution in [2.75, 3.05) is 56.0 Å². The highest BCUT2D eigenvalue weighted by Crippen LogP contribution is 2.34. The predicted octanol–water partition coefficient (Wildman–Crippen LogP) is 6.04. The first-order chi connectivity index (χ1) is 17.7. The lowest BCUT2D eigenvalue weighted by molar-refractivity contribution is -0.137. The van der Waals surface area contributed by atoms with Gasteiger partial charge in [-0.1, -0.05) is 23.8 Å². The zero-order valence-corrected chi connectivity index (χ0v) is 22.2. The van der Waals surface area contributed by atoms with E-state index in [0.29, 0.717) is 5.69 Å². The number of piperazine rings is 1. The molecule has 5 nitrogen and oxygen atoms in total. The Morgan fingerprint density at radius 2 is 1.70 bits per heavy atom. The molecule has 198 valence electrons. The molecular formula is C27H31ClF3N5S. The average Bonchev–Trinajstić information content (AvgIpc) is 2.89. The Labute approximate surface area is 226 Å². The maximum absolute atomic E-state index is 13.2. The van der Waals surface area contributed by atoms with Gasteiger partial charge >= 0.3 is 6.18 Å². The lowest BCUT2D eigenvalue weighted by Crippen LogP contribution is -2.47. The van der Waals surface area contributed by atoms with Crippen molar-refractivity contribution in [2.24, 2.45) is 0 Å². The Morgan fingerprint density at radius 3 is 2.32 bits per heavy atom. The van der Waals surface area contributed by atoms with Gasteiger partial charge in [0, 0.05) is 61.7 Å². The van der Waals surface area contributed by atoms with E-state index in [-0.39, 0.29) is 11.6 Å². The molecule has 37 heavy (non-hydrogen) atoms. The molecule has 0 bridgehead atoms. The highest BCUT2D eigenvalue weighted by atomic mass is 35.5. The molecule has 4 rings (SSSR count). The summed E-state index contributed by atoms with van der Waals surface area (Å²) in [5, 5.41) is 12.9. The van der Waals surface area contributed by atoms with Crippen LogP contribution in [-0.2, 0) is 6.18 Å². The molecule has 0 atom stereocenters. The topological polar surface area (TPSA) is 45.5 Å². The Balaban J connectivity index is 1.16. The van der Waals surface area contributed by atoms with Crippen LogP contribution in [0.5, 0.6) is 0 Å². The van der Waals surface area contributed by atoms with E-state index in [1.807, 2.05) is 12.1 Å². The molecular weight excluding hydrogens is 519 g/mol. The van der Waals surface area contributed by atoms with Crippen LogP contribution in [0.1, 0.15) is 36.8 Å². The summed E-state index contributed by atoms with van der Waals surface area (Å²) in [6.07, 6.45) is -1.07. The van der Waals surface area contributed by atoms with Gasteiger partial charge in [-0.15, -0.1) is 0 Å².